The number of hydrogen-bond acceptors (Lipinski definition) is 7. The summed E-state index contributed by atoms with van der Waals surface area (Å²) in [7, 11) is 1.40. The maximum Gasteiger partial charge on any atom is 0.306 e. The lowest BCUT2D eigenvalue weighted by molar-refractivity contribution is -0.141. The number of benzene rings is 2. The minimum Gasteiger partial charge on any atom is -0.493 e. The number of nitrogens with one attached hydrogen (secondary N) is 1. The molecule has 3 aromatic rings. The van der Waals surface area contributed by atoms with Gasteiger partial charge in [-0.2, -0.15) is 0 Å². The van der Waals surface area contributed by atoms with Gasteiger partial charge in [0, 0.05) is 54.6 Å². The molecule has 1 aromatic heterocycles. The first-order valence-electron chi connectivity index (χ1n) is 12.6. The van der Waals surface area contributed by atoms with Crippen molar-refractivity contribution >= 4 is 17.5 Å². The number of rotatable bonds is 7. The van der Waals surface area contributed by atoms with Gasteiger partial charge >= 0.3 is 5.97 Å². The number of pyridine rings is 1. The third kappa shape index (κ3) is 5.25. The van der Waals surface area contributed by atoms with Crippen LogP contribution in [0.5, 0.6) is 5.75 Å². The van der Waals surface area contributed by atoms with Gasteiger partial charge < -0.3 is 24.4 Å². The minimum atomic E-state index is -0.314. The van der Waals surface area contributed by atoms with Gasteiger partial charge in [0.25, 0.3) is 0 Å². The van der Waals surface area contributed by atoms with Crippen molar-refractivity contribution in [3.8, 4) is 16.9 Å². The number of methoxy groups -OCH3 is 1. The first-order valence-corrected chi connectivity index (χ1v) is 12.6. The second-order valence-corrected chi connectivity index (χ2v) is 9.56. The van der Waals surface area contributed by atoms with Gasteiger partial charge in [-0.15, -0.1) is 0 Å². The van der Waals surface area contributed by atoms with Crippen LogP contribution in [0.25, 0.3) is 11.1 Å². The highest BCUT2D eigenvalue weighted by molar-refractivity contribution is 5.73. The van der Waals surface area contributed by atoms with Crippen LogP contribution in [0.4, 0.5) is 15.9 Å². The van der Waals surface area contributed by atoms with Crippen molar-refractivity contribution in [1.29, 1.82) is 0 Å². The molecule has 2 aliphatic heterocycles. The van der Waals surface area contributed by atoms with Crippen molar-refractivity contribution in [3.63, 3.8) is 0 Å². The highest BCUT2D eigenvalue weighted by Crippen LogP contribution is 2.38. The Morgan fingerprint density at radius 3 is 2.76 bits per heavy atom. The standard InChI is InChI=1S/C29H32FN3O4/c1-18-4-5-20(15-31-23-6-7-24-22(13-27(34)35-3)17-37-26(24)14-23)19(2)28(18)21-12-25(30)29(32-16-21)33-8-10-36-11-9-33/h4-7,12,14,16,22,31H,8-11,13,15,17H2,1-3H3. The number of ether oxygens (including phenoxy) is 3. The van der Waals surface area contributed by atoms with E-state index in [-0.39, 0.29) is 17.7 Å². The smallest absolute Gasteiger partial charge is 0.306 e. The SMILES string of the molecule is COC(=O)CC1COc2cc(NCc3ccc(C)c(-c4cnc(N5CCOCC5)c(F)c4)c3C)ccc21. The summed E-state index contributed by atoms with van der Waals surface area (Å²) in [5.74, 6) is 0.641. The number of halogens is 1. The largest absolute Gasteiger partial charge is 0.493 e. The molecule has 0 spiro atoms. The van der Waals surface area contributed by atoms with E-state index < -0.39 is 0 Å². The maximum absolute atomic E-state index is 15.1. The van der Waals surface area contributed by atoms with E-state index in [1.165, 1.54) is 7.11 Å². The van der Waals surface area contributed by atoms with E-state index in [0.29, 0.717) is 51.7 Å². The molecule has 1 atom stereocenters. The van der Waals surface area contributed by atoms with Gasteiger partial charge in [-0.05, 0) is 48.2 Å². The third-order valence-electron chi connectivity index (χ3n) is 7.22. The molecule has 0 aliphatic carbocycles. The molecule has 37 heavy (non-hydrogen) atoms. The zero-order chi connectivity index (χ0) is 25.9. The fourth-order valence-electron chi connectivity index (χ4n) is 5.14. The summed E-state index contributed by atoms with van der Waals surface area (Å²) in [4.78, 5) is 18.1. The van der Waals surface area contributed by atoms with Gasteiger partial charge in [-0.25, -0.2) is 9.37 Å². The van der Waals surface area contributed by atoms with E-state index in [1.807, 2.05) is 30.0 Å². The fourth-order valence-corrected chi connectivity index (χ4v) is 5.14. The third-order valence-corrected chi connectivity index (χ3v) is 7.22. The number of aryl methyl sites for hydroxylation is 1. The number of anilines is 2. The Morgan fingerprint density at radius 2 is 2.00 bits per heavy atom. The number of aromatic nitrogens is 1. The molecule has 0 bridgehead atoms. The van der Waals surface area contributed by atoms with Crippen LogP contribution in [0.15, 0.2) is 42.6 Å². The molecule has 2 aliphatic rings. The van der Waals surface area contributed by atoms with Crippen molar-refractivity contribution in [1.82, 2.24) is 4.98 Å². The normalized spacial score (nSPS) is 16.8. The van der Waals surface area contributed by atoms with Crippen LogP contribution < -0.4 is 15.0 Å². The van der Waals surface area contributed by atoms with E-state index >= 15 is 4.39 Å². The fraction of sp³-hybridized carbons (Fsp3) is 0.379. The Morgan fingerprint density at radius 1 is 1.19 bits per heavy atom. The molecule has 1 N–H and O–H groups in total. The van der Waals surface area contributed by atoms with Crippen LogP contribution in [0, 0.1) is 19.7 Å². The topological polar surface area (TPSA) is 72.9 Å². The number of carbonyl (C=O) groups excluding carboxylic acids is 1. The van der Waals surface area contributed by atoms with Crippen LogP contribution in [-0.4, -0.2) is 51.0 Å². The molecule has 8 heteroatoms. The van der Waals surface area contributed by atoms with Crippen LogP contribution in [-0.2, 0) is 20.8 Å². The Labute approximate surface area is 216 Å². The quantitative estimate of drug-likeness (QED) is 0.454. The summed E-state index contributed by atoms with van der Waals surface area (Å²) in [6, 6.07) is 11.7. The maximum atomic E-state index is 15.1. The van der Waals surface area contributed by atoms with Crippen LogP contribution in [0.3, 0.4) is 0 Å². The van der Waals surface area contributed by atoms with Crippen molar-refractivity contribution in [2.75, 3.05) is 50.2 Å². The summed E-state index contributed by atoms with van der Waals surface area (Å²) >= 11 is 0. The molecule has 1 fully saturated rings. The number of fused-ring (bicyclic) bond motifs is 1. The number of hydrogen-bond donors (Lipinski definition) is 1. The van der Waals surface area contributed by atoms with Crippen molar-refractivity contribution in [2.45, 2.75) is 32.7 Å². The Hall–Kier alpha value is -3.65. The molecule has 7 nitrogen and oxygen atoms in total. The van der Waals surface area contributed by atoms with Gasteiger partial charge in [0.05, 0.1) is 33.4 Å². The summed E-state index contributed by atoms with van der Waals surface area (Å²) in [6.45, 7) is 7.63. The molecule has 1 unspecified atom stereocenters. The Balaban J connectivity index is 1.32. The van der Waals surface area contributed by atoms with Crippen LogP contribution in [0.1, 0.15) is 34.6 Å². The van der Waals surface area contributed by atoms with E-state index in [2.05, 4.69) is 29.4 Å². The van der Waals surface area contributed by atoms with Crippen molar-refractivity contribution in [2.24, 2.45) is 0 Å². The second kappa shape index (κ2) is 10.8. The lowest BCUT2D eigenvalue weighted by atomic mass is 9.93. The first-order chi connectivity index (χ1) is 17.9. The average Bonchev–Trinajstić information content (AvgIpc) is 3.30. The molecule has 2 aromatic carbocycles. The zero-order valence-electron chi connectivity index (χ0n) is 21.5. The number of carbonyl (C=O) groups is 1. The number of morpholine rings is 1. The lowest BCUT2D eigenvalue weighted by Crippen LogP contribution is -2.37. The van der Waals surface area contributed by atoms with E-state index in [9.17, 15) is 4.79 Å². The molecule has 1 saturated heterocycles. The molecule has 0 radical (unpaired) electrons. The Bertz CT molecular complexity index is 1310. The predicted molar refractivity (Wildman–Crippen MR) is 141 cm³/mol. The molecule has 5 rings (SSSR count). The van der Waals surface area contributed by atoms with Gasteiger partial charge in [-0.1, -0.05) is 18.2 Å². The summed E-state index contributed by atoms with van der Waals surface area (Å²) in [5.41, 5.74) is 7.01. The summed E-state index contributed by atoms with van der Waals surface area (Å²) < 4.78 is 31.1. The van der Waals surface area contributed by atoms with Gasteiger partial charge in [0.2, 0.25) is 0 Å². The lowest BCUT2D eigenvalue weighted by Gasteiger charge is -2.28. The minimum absolute atomic E-state index is 0.0158. The summed E-state index contributed by atoms with van der Waals surface area (Å²) in [5, 5.41) is 3.48. The molecular weight excluding hydrogens is 473 g/mol. The molecule has 194 valence electrons. The van der Waals surface area contributed by atoms with Gasteiger partial charge in [-0.3, -0.25) is 4.79 Å². The van der Waals surface area contributed by atoms with Crippen molar-refractivity contribution in [3.05, 3.63) is 70.7 Å². The van der Waals surface area contributed by atoms with Gasteiger partial charge in [0.1, 0.15) is 5.75 Å². The van der Waals surface area contributed by atoms with Crippen molar-refractivity contribution < 1.29 is 23.4 Å². The first kappa shape index (κ1) is 25.0. The predicted octanol–water partition coefficient (Wildman–Crippen LogP) is 4.99. The van der Waals surface area contributed by atoms with Crippen LogP contribution in [0.2, 0.25) is 0 Å². The molecule has 3 heterocycles. The highest BCUT2D eigenvalue weighted by atomic mass is 19.1. The van der Waals surface area contributed by atoms with Crippen LogP contribution >= 0.6 is 0 Å². The molecule has 0 saturated carbocycles. The number of nitrogens with zero attached hydrogens (tertiary/aromatic N) is 2. The average molecular weight is 506 g/mol. The monoisotopic (exact) mass is 505 g/mol. The highest BCUT2D eigenvalue weighted by Gasteiger charge is 2.27. The molecular formula is C29H32FN3O4. The summed E-state index contributed by atoms with van der Waals surface area (Å²) in [6.07, 6.45) is 2.08. The van der Waals surface area contributed by atoms with E-state index in [0.717, 1.165) is 44.8 Å². The van der Waals surface area contributed by atoms with Gasteiger partial charge in [0.15, 0.2) is 11.6 Å². The molecule has 0 amide bonds. The zero-order valence-corrected chi connectivity index (χ0v) is 21.5. The Kier molecular flexibility index (Phi) is 7.28. The van der Waals surface area contributed by atoms with E-state index in [4.69, 9.17) is 14.2 Å². The number of esters is 1. The van der Waals surface area contributed by atoms with E-state index in [1.54, 1.807) is 12.3 Å². The second-order valence-electron chi connectivity index (χ2n) is 9.56.